The Hall–Kier alpha value is -0.730. The van der Waals surface area contributed by atoms with Gasteiger partial charge in [0.25, 0.3) is 0 Å². The van der Waals surface area contributed by atoms with Gasteiger partial charge >= 0.3 is 6.09 Å². The van der Waals surface area contributed by atoms with Gasteiger partial charge in [0, 0.05) is 6.04 Å². The van der Waals surface area contributed by atoms with Gasteiger partial charge in [-0.3, -0.25) is 0 Å². The average molecular weight is 201 g/mol. The molecule has 0 saturated carbocycles. The predicted octanol–water partition coefficient (Wildman–Crippen LogP) is 3.09. The third kappa shape index (κ3) is 5.10. The highest BCUT2D eigenvalue weighted by molar-refractivity contribution is 5.67. The first-order valence-electron chi connectivity index (χ1n) is 5.64. The van der Waals surface area contributed by atoms with Crippen LogP contribution in [0.2, 0.25) is 0 Å². The SMILES string of the molecule is CCC(CC)NC(=O)OC(CC)CC. The molecule has 0 heterocycles. The Morgan fingerprint density at radius 1 is 1.07 bits per heavy atom. The van der Waals surface area contributed by atoms with Crippen LogP contribution in [-0.2, 0) is 4.74 Å². The summed E-state index contributed by atoms with van der Waals surface area (Å²) >= 11 is 0. The molecule has 0 aromatic heterocycles. The molecule has 1 amide bonds. The van der Waals surface area contributed by atoms with Crippen molar-refractivity contribution in [2.45, 2.75) is 65.5 Å². The van der Waals surface area contributed by atoms with E-state index in [1.54, 1.807) is 0 Å². The molecule has 3 heteroatoms. The highest BCUT2D eigenvalue weighted by Gasteiger charge is 2.12. The maximum Gasteiger partial charge on any atom is 0.407 e. The molecule has 0 aromatic carbocycles. The molecule has 0 aromatic rings. The van der Waals surface area contributed by atoms with Crippen molar-refractivity contribution in [1.82, 2.24) is 5.32 Å². The van der Waals surface area contributed by atoms with Crippen LogP contribution >= 0.6 is 0 Å². The Kier molecular flexibility index (Phi) is 7.25. The molecule has 14 heavy (non-hydrogen) atoms. The molecule has 0 rings (SSSR count). The van der Waals surface area contributed by atoms with Gasteiger partial charge in [0.05, 0.1) is 0 Å². The van der Waals surface area contributed by atoms with Gasteiger partial charge in [-0.05, 0) is 25.7 Å². The zero-order valence-electron chi connectivity index (χ0n) is 9.80. The van der Waals surface area contributed by atoms with Crippen LogP contribution in [-0.4, -0.2) is 18.2 Å². The number of rotatable bonds is 6. The van der Waals surface area contributed by atoms with Gasteiger partial charge in [-0.2, -0.15) is 0 Å². The molecule has 0 saturated heterocycles. The molecule has 0 unspecified atom stereocenters. The van der Waals surface area contributed by atoms with Crippen LogP contribution in [0, 0.1) is 0 Å². The van der Waals surface area contributed by atoms with E-state index < -0.39 is 0 Å². The van der Waals surface area contributed by atoms with Crippen molar-refractivity contribution in [3.63, 3.8) is 0 Å². The molecule has 0 radical (unpaired) electrons. The first kappa shape index (κ1) is 13.3. The van der Waals surface area contributed by atoms with Crippen molar-refractivity contribution in [2.24, 2.45) is 0 Å². The van der Waals surface area contributed by atoms with Crippen LogP contribution in [0.3, 0.4) is 0 Å². The van der Waals surface area contributed by atoms with E-state index >= 15 is 0 Å². The summed E-state index contributed by atoms with van der Waals surface area (Å²) in [7, 11) is 0. The number of alkyl carbamates (subject to hydrolysis) is 1. The van der Waals surface area contributed by atoms with Crippen molar-refractivity contribution >= 4 is 6.09 Å². The Labute approximate surface area is 87.2 Å². The van der Waals surface area contributed by atoms with Gasteiger partial charge in [-0.1, -0.05) is 27.7 Å². The average Bonchev–Trinajstić information content (AvgIpc) is 2.22. The van der Waals surface area contributed by atoms with E-state index in [1.165, 1.54) is 0 Å². The first-order chi connectivity index (χ1) is 6.67. The summed E-state index contributed by atoms with van der Waals surface area (Å²) in [6.45, 7) is 8.17. The van der Waals surface area contributed by atoms with Crippen LogP contribution in [0.25, 0.3) is 0 Å². The normalized spacial score (nSPS) is 10.7. The number of hydrogen-bond acceptors (Lipinski definition) is 2. The van der Waals surface area contributed by atoms with E-state index in [2.05, 4.69) is 19.2 Å². The lowest BCUT2D eigenvalue weighted by Crippen LogP contribution is -2.36. The van der Waals surface area contributed by atoms with E-state index in [0.29, 0.717) is 0 Å². The van der Waals surface area contributed by atoms with E-state index in [1.807, 2.05) is 13.8 Å². The van der Waals surface area contributed by atoms with Gasteiger partial charge < -0.3 is 10.1 Å². The molecule has 0 bridgehead atoms. The van der Waals surface area contributed by atoms with Crippen molar-refractivity contribution < 1.29 is 9.53 Å². The lowest BCUT2D eigenvalue weighted by molar-refractivity contribution is 0.0897. The molecule has 0 aliphatic carbocycles. The third-order valence-corrected chi connectivity index (χ3v) is 2.49. The largest absolute Gasteiger partial charge is 0.446 e. The molecule has 0 spiro atoms. The Morgan fingerprint density at radius 2 is 1.57 bits per heavy atom. The Balaban J connectivity index is 3.83. The smallest absolute Gasteiger partial charge is 0.407 e. The van der Waals surface area contributed by atoms with E-state index in [4.69, 9.17) is 4.74 Å². The van der Waals surface area contributed by atoms with E-state index in [-0.39, 0.29) is 18.2 Å². The highest BCUT2D eigenvalue weighted by atomic mass is 16.6. The molecule has 3 nitrogen and oxygen atoms in total. The lowest BCUT2D eigenvalue weighted by Gasteiger charge is -2.18. The van der Waals surface area contributed by atoms with Crippen molar-refractivity contribution in [3.8, 4) is 0 Å². The van der Waals surface area contributed by atoms with Crippen LogP contribution < -0.4 is 5.32 Å². The summed E-state index contributed by atoms with van der Waals surface area (Å²) in [5.74, 6) is 0. The number of ether oxygens (including phenoxy) is 1. The minimum atomic E-state index is -0.271. The zero-order chi connectivity index (χ0) is 11.0. The molecule has 0 atom stereocenters. The monoisotopic (exact) mass is 201 g/mol. The number of hydrogen-bond donors (Lipinski definition) is 1. The summed E-state index contributed by atoms with van der Waals surface area (Å²) in [5.41, 5.74) is 0. The van der Waals surface area contributed by atoms with Gasteiger partial charge in [-0.15, -0.1) is 0 Å². The quantitative estimate of drug-likeness (QED) is 0.717. The summed E-state index contributed by atoms with van der Waals surface area (Å²) in [6.07, 6.45) is 3.46. The third-order valence-electron chi connectivity index (χ3n) is 2.49. The summed E-state index contributed by atoms with van der Waals surface area (Å²) < 4.78 is 5.23. The second-order valence-corrected chi connectivity index (χ2v) is 3.50. The fourth-order valence-electron chi connectivity index (χ4n) is 1.30. The van der Waals surface area contributed by atoms with Crippen molar-refractivity contribution in [2.75, 3.05) is 0 Å². The summed E-state index contributed by atoms with van der Waals surface area (Å²) in [6, 6.07) is 0.247. The van der Waals surface area contributed by atoms with Gasteiger partial charge in [0.1, 0.15) is 6.10 Å². The first-order valence-corrected chi connectivity index (χ1v) is 5.64. The fourth-order valence-corrected chi connectivity index (χ4v) is 1.30. The minimum Gasteiger partial charge on any atom is -0.446 e. The fraction of sp³-hybridized carbons (Fsp3) is 0.909. The molecular formula is C11H23NO2. The maximum absolute atomic E-state index is 11.4. The van der Waals surface area contributed by atoms with Crippen LogP contribution in [0.15, 0.2) is 0 Å². The van der Waals surface area contributed by atoms with Crippen molar-refractivity contribution in [1.29, 1.82) is 0 Å². The van der Waals surface area contributed by atoms with Crippen LogP contribution in [0.5, 0.6) is 0 Å². The number of nitrogens with one attached hydrogen (secondary N) is 1. The lowest BCUT2D eigenvalue weighted by atomic mass is 10.2. The predicted molar refractivity (Wildman–Crippen MR) is 58.4 cm³/mol. The van der Waals surface area contributed by atoms with Crippen LogP contribution in [0.1, 0.15) is 53.4 Å². The Bertz CT molecular complexity index is 135. The van der Waals surface area contributed by atoms with Gasteiger partial charge in [-0.25, -0.2) is 4.79 Å². The van der Waals surface area contributed by atoms with E-state index in [9.17, 15) is 4.79 Å². The molecule has 1 N–H and O–H groups in total. The van der Waals surface area contributed by atoms with Crippen molar-refractivity contribution in [3.05, 3.63) is 0 Å². The second-order valence-electron chi connectivity index (χ2n) is 3.50. The standard InChI is InChI=1S/C11H23NO2/c1-5-9(6-2)12-11(13)14-10(7-3)8-4/h9-10H,5-8H2,1-4H3,(H,12,13). The van der Waals surface area contributed by atoms with E-state index in [0.717, 1.165) is 25.7 Å². The molecule has 0 aliphatic rings. The minimum absolute atomic E-state index is 0.0596. The summed E-state index contributed by atoms with van der Waals surface area (Å²) in [5, 5.41) is 2.85. The zero-order valence-corrected chi connectivity index (χ0v) is 9.80. The summed E-state index contributed by atoms with van der Waals surface area (Å²) in [4.78, 5) is 11.4. The topological polar surface area (TPSA) is 38.3 Å². The number of carbonyl (C=O) groups is 1. The second kappa shape index (κ2) is 7.65. The molecule has 0 fully saturated rings. The maximum atomic E-state index is 11.4. The van der Waals surface area contributed by atoms with Gasteiger partial charge in [0.15, 0.2) is 0 Å². The Morgan fingerprint density at radius 3 is 1.93 bits per heavy atom. The highest BCUT2D eigenvalue weighted by Crippen LogP contribution is 2.04. The molecule has 0 aliphatic heterocycles. The molecule has 84 valence electrons. The van der Waals surface area contributed by atoms with Gasteiger partial charge in [0.2, 0.25) is 0 Å². The number of amides is 1. The van der Waals surface area contributed by atoms with Crippen LogP contribution in [0.4, 0.5) is 4.79 Å². The molecular weight excluding hydrogens is 178 g/mol. The number of carbonyl (C=O) groups excluding carboxylic acids is 1.